The fraction of sp³-hybridized carbons (Fsp3) is 0.462. The first-order valence-corrected chi connectivity index (χ1v) is 5.66. The number of nitrogens with one attached hydrogen (secondary N) is 1. The molecule has 0 aliphatic heterocycles. The van der Waals surface area contributed by atoms with E-state index in [0.717, 1.165) is 5.56 Å². The molecule has 0 saturated heterocycles. The Morgan fingerprint density at radius 2 is 2.18 bits per heavy atom. The number of hydrogen-bond acceptors (Lipinski definition) is 4. The molecule has 0 aliphatic carbocycles. The van der Waals surface area contributed by atoms with Gasteiger partial charge in [0.25, 0.3) is 0 Å². The summed E-state index contributed by atoms with van der Waals surface area (Å²) in [6, 6.07) is 7.34. The van der Waals surface area contributed by atoms with Gasteiger partial charge in [-0.1, -0.05) is 25.1 Å². The van der Waals surface area contributed by atoms with E-state index in [2.05, 4.69) is 5.32 Å². The number of esters is 1. The molecule has 4 nitrogen and oxygen atoms in total. The molecule has 0 radical (unpaired) electrons. The molecule has 1 unspecified atom stereocenters. The normalized spacial score (nSPS) is 12.2. The van der Waals surface area contributed by atoms with E-state index in [1.165, 1.54) is 7.11 Å². The van der Waals surface area contributed by atoms with Crippen LogP contribution in [0.4, 0.5) is 0 Å². The van der Waals surface area contributed by atoms with E-state index in [0.29, 0.717) is 18.7 Å². The Hall–Kier alpha value is -1.39. The number of carbonyl (C=O) groups excluding carboxylic acids is 1. The van der Waals surface area contributed by atoms with Gasteiger partial charge in [-0.05, 0) is 17.5 Å². The van der Waals surface area contributed by atoms with Gasteiger partial charge in [0.15, 0.2) is 0 Å². The third-order valence-corrected chi connectivity index (χ3v) is 2.54. The molecule has 0 fully saturated rings. The van der Waals surface area contributed by atoms with Gasteiger partial charge in [-0.25, -0.2) is 4.79 Å². The maximum Gasteiger partial charge on any atom is 0.338 e. The maximum absolute atomic E-state index is 11.5. The molecule has 1 aromatic carbocycles. The van der Waals surface area contributed by atoms with E-state index < -0.39 is 0 Å². The quantitative estimate of drug-likeness (QED) is 0.730. The molecule has 2 N–H and O–H groups in total. The highest BCUT2D eigenvalue weighted by molar-refractivity contribution is 5.90. The second-order valence-electron chi connectivity index (χ2n) is 4.07. The molecule has 4 heteroatoms. The number of aliphatic hydroxyl groups is 1. The van der Waals surface area contributed by atoms with Gasteiger partial charge in [0.05, 0.1) is 12.7 Å². The summed E-state index contributed by atoms with van der Waals surface area (Å²) in [5.41, 5.74) is 1.49. The first kappa shape index (κ1) is 13.7. The molecule has 0 heterocycles. The predicted molar refractivity (Wildman–Crippen MR) is 65.7 cm³/mol. The molecular weight excluding hydrogens is 218 g/mol. The zero-order chi connectivity index (χ0) is 12.7. The van der Waals surface area contributed by atoms with Crippen molar-refractivity contribution in [2.24, 2.45) is 5.92 Å². The van der Waals surface area contributed by atoms with Gasteiger partial charge in [0.2, 0.25) is 0 Å². The number of carbonyl (C=O) groups is 1. The largest absolute Gasteiger partial charge is 0.465 e. The molecule has 0 spiro atoms. The van der Waals surface area contributed by atoms with Crippen LogP contribution in [0.2, 0.25) is 0 Å². The number of hydrogen-bond donors (Lipinski definition) is 2. The van der Waals surface area contributed by atoms with Crippen LogP contribution < -0.4 is 5.32 Å². The van der Waals surface area contributed by atoms with Crippen molar-refractivity contribution in [1.29, 1.82) is 0 Å². The van der Waals surface area contributed by atoms with Crippen molar-refractivity contribution < 1.29 is 14.6 Å². The van der Waals surface area contributed by atoms with E-state index in [-0.39, 0.29) is 18.5 Å². The monoisotopic (exact) mass is 237 g/mol. The molecule has 1 atom stereocenters. The van der Waals surface area contributed by atoms with Crippen molar-refractivity contribution >= 4 is 5.97 Å². The van der Waals surface area contributed by atoms with E-state index in [9.17, 15) is 4.79 Å². The van der Waals surface area contributed by atoms with Crippen LogP contribution >= 0.6 is 0 Å². The van der Waals surface area contributed by atoms with Crippen molar-refractivity contribution in [2.45, 2.75) is 13.5 Å². The SMILES string of the molecule is COC(=O)c1ccccc1CNCC(C)CO. The standard InChI is InChI=1S/C13H19NO3/c1-10(9-15)7-14-8-11-5-3-4-6-12(11)13(16)17-2/h3-6,10,14-15H,7-9H2,1-2H3. The summed E-state index contributed by atoms with van der Waals surface area (Å²) in [4.78, 5) is 11.5. The van der Waals surface area contributed by atoms with E-state index in [4.69, 9.17) is 9.84 Å². The molecule has 0 bridgehead atoms. The van der Waals surface area contributed by atoms with Crippen LogP contribution in [0, 0.1) is 5.92 Å². The van der Waals surface area contributed by atoms with Gasteiger partial charge in [0.1, 0.15) is 0 Å². The topological polar surface area (TPSA) is 58.6 Å². The Balaban J connectivity index is 2.61. The van der Waals surface area contributed by atoms with Crippen molar-refractivity contribution in [3.05, 3.63) is 35.4 Å². The minimum Gasteiger partial charge on any atom is -0.465 e. The Kier molecular flexibility index (Phi) is 5.66. The highest BCUT2D eigenvalue weighted by atomic mass is 16.5. The smallest absolute Gasteiger partial charge is 0.338 e. The minimum atomic E-state index is -0.322. The third kappa shape index (κ3) is 4.17. The second kappa shape index (κ2) is 7.04. The number of methoxy groups -OCH3 is 1. The van der Waals surface area contributed by atoms with Gasteiger partial charge in [-0.15, -0.1) is 0 Å². The highest BCUT2D eigenvalue weighted by Gasteiger charge is 2.10. The fourth-order valence-corrected chi connectivity index (χ4v) is 1.50. The maximum atomic E-state index is 11.5. The summed E-state index contributed by atoms with van der Waals surface area (Å²) in [5.74, 6) is -0.113. The van der Waals surface area contributed by atoms with Crippen molar-refractivity contribution in [3.8, 4) is 0 Å². The summed E-state index contributed by atoms with van der Waals surface area (Å²) in [5, 5.41) is 12.1. The molecule has 0 amide bonds. The second-order valence-corrected chi connectivity index (χ2v) is 4.07. The first-order chi connectivity index (χ1) is 8.19. The molecule has 0 saturated carbocycles. The summed E-state index contributed by atoms with van der Waals surface area (Å²) in [6.45, 7) is 3.42. The molecule has 1 rings (SSSR count). The molecule has 0 aliphatic rings. The van der Waals surface area contributed by atoms with Crippen molar-refractivity contribution in [3.63, 3.8) is 0 Å². The average Bonchev–Trinajstić information content (AvgIpc) is 2.38. The predicted octanol–water partition coefficient (Wildman–Crippen LogP) is 1.19. The van der Waals surface area contributed by atoms with Crippen LogP contribution in [0.25, 0.3) is 0 Å². The number of benzene rings is 1. The van der Waals surface area contributed by atoms with Crippen LogP contribution in [0.1, 0.15) is 22.8 Å². The van der Waals surface area contributed by atoms with Gasteiger partial charge in [0, 0.05) is 19.7 Å². The molecule has 17 heavy (non-hydrogen) atoms. The third-order valence-electron chi connectivity index (χ3n) is 2.54. The first-order valence-electron chi connectivity index (χ1n) is 5.66. The lowest BCUT2D eigenvalue weighted by Gasteiger charge is -2.11. The van der Waals surface area contributed by atoms with Gasteiger partial charge >= 0.3 is 5.97 Å². The molecule has 1 aromatic rings. The van der Waals surface area contributed by atoms with Crippen LogP contribution in [0.3, 0.4) is 0 Å². The lowest BCUT2D eigenvalue weighted by molar-refractivity contribution is 0.0599. The summed E-state index contributed by atoms with van der Waals surface area (Å²) >= 11 is 0. The zero-order valence-corrected chi connectivity index (χ0v) is 10.3. The zero-order valence-electron chi connectivity index (χ0n) is 10.3. The highest BCUT2D eigenvalue weighted by Crippen LogP contribution is 2.09. The number of aliphatic hydroxyl groups excluding tert-OH is 1. The van der Waals surface area contributed by atoms with Crippen LogP contribution in [0.5, 0.6) is 0 Å². The summed E-state index contributed by atoms with van der Waals surface area (Å²) in [6.07, 6.45) is 0. The molecule has 94 valence electrons. The minimum absolute atomic E-state index is 0.158. The van der Waals surface area contributed by atoms with E-state index in [1.807, 2.05) is 25.1 Å². The van der Waals surface area contributed by atoms with Crippen LogP contribution in [-0.4, -0.2) is 31.3 Å². The van der Waals surface area contributed by atoms with Crippen molar-refractivity contribution in [2.75, 3.05) is 20.3 Å². The lowest BCUT2D eigenvalue weighted by Crippen LogP contribution is -2.23. The van der Waals surface area contributed by atoms with Gasteiger partial charge in [-0.2, -0.15) is 0 Å². The summed E-state index contributed by atoms with van der Waals surface area (Å²) < 4.78 is 4.72. The Morgan fingerprint density at radius 1 is 1.47 bits per heavy atom. The van der Waals surface area contributed by atoms with Gasteiger partial charge < -0.3 is 15.2 Å². The Labute approximate surface area is 102 Å². The van der Waals surface area contributed by atoms with E-state index in [1.54, 1.807) is 6.07 Å². The average molecular weight is 237 g/mol. The molecular formula is C13H19NO3. The van der Waals surface area contributed by atoms with Gasteiger partial charge in [-0.3, -0.25) is 0 Å². The summed E-state index contributed by atoms with van der Waals surface area (Å²) in [7, 11) is 1.38. The van der Waals surface area contributed by atoms with Crippen LogP contribution in [-0.2, 0) is 11.3 Å². The fourth-order valence-electron chi connectivity index (χ4n) is 1.50. The number of rotatable bonds is 6. The van der Waals surface area contributed by atoms with Crippen molar-refractivity contribution in [1.82, 2.24) is 5.32 Å². The van der Waals surface area contributed by atoms with E-state index >= 15 is 0 Å². The van der Waals surface area contributed by atoms with Crippen LogP contribution in [0.15, 0.2) is 24.3 Å². The molecule has 0 aromatic heterocycles. The number of ether oxygens (including phenoxy) is 1. The lowest BCUT2D eigenvalue weighted by atomic mass is 10.1. The Bertz CT molecular complexity index is 365. The Morgan fingerprint density at radius 3 is 2.82 bits per heavy atom.